The average Bonchev–Trinajstić information content (AvgIpc) is 2.63. The molecular weight excluding hydrogens is 128 g/mol. The Kier molecular flexibility index (Phi) is 3.49. The number of unbranched alkanes of at least 4 members (excludes halogenated alkanes) is 1. The molecule has 1 saturated carbocycles. The zero-order valence-corrected chi connectivity index (χ0v) is 7.04. The molecule has 1 fully saturated rings. The highest BCUT2D eigenvalue weighted by molar-refractivity contribution is 7.99. The van der Waals surface area contributed by atoms with E-state index < -0.39 is 0 Å². The van der Waals surface area contributed by atoms with Crippen LogP contribution < -0.4 is 0 Å². The first-order chi connectivity index (χ1) is 4.43. The molecule has 0 aliphatic heterocycles. The molecule has 1 rings (SSSR count). The van der Waals surface area contributed by atoms with E-state index in [2.05, 4.69) is 18.7 Å². The topological polar surface area (TPSA) is 0 Å². The molecule has 0 unspecified atom stereocenters. The lowest BCUT2D eigenvalue weighted by Gasteiger charge is -1.95. The number of rotatable bonds is 5. The van der Waals surface area contributed by atoms with Crippen LogP contribution in [0.2, 0.25) is 0 Å². The van der Waals surface area contributed by atoms with Gasteiger partial charge in [0.05, 0.1) is 0 Å². The molecule has 1 aliphatic carbocycles. The summed E-state index contributed by atoms with van der Waals surface area (Å²) in [5.41, 5.74) is 0. The van der Waals surface area contributed by atoms with E-state index in [1.54, 1.807) is 0 Å². The van der Waals surface area contributed by atoms with E-state index in [0.717, 1.165) is 5.92 Å². The van der Waals surface area contributed by atoms with E-state index >= 15 is 0 Å². The van der Waals surface area contributed by atoms with Crippen LogP contribution in [0.15, 0.2) is 0 Å². The maximum atomic E-state index is 2.26. The Hall–Kier alpha value is 0.350. The second-order valence-corrected chi connectivity index (χ2v) is 4.02. The molecule has 0 aromatic heterocycles. The molecule has 0 amide bonds. The van der Waals surface area contributed by atoms with Crippen molar-refractivity contribution in [2.45, 2.75) is 32.6 Å². The van der Waals surface area contributed by atoms with E-state index in [9.17, 15) is 0 Å². The Bertz CT molecular complexity index is 67.0. The Morgan fingerprint density at radius 1 is 1.44 bits per heavy atom. The van der Waals surface area contributed by atoms with Crippen molar-refractivity contribution in [1.29, 1.82) is 0 Å². The fourth-order valence-electron chi connectivity index (χ4n) is 0.781. The summed E-state index contributed by atoms with van der Waals surface area (Å²) >= 11 is 2.15. The van der Waals surface area contributed by atoms with Gasteiger partial charge in [-0.2, -0.15) is 11.8 Å². The fourth-order valence-corrected chi connectivity index (χ4v) is 2.11. The van der Waals surface area contributed by atoms with E-state index in [4.69, 9.17) is 0 Å². The first kappa shape index (κ1) is 7.46. The highest BCUT2D eigenvalue weighted by Crippen LogP contribution is 2.32. The predicted molar refractivity (Wildman–Crippen MR) is 45.0 cm³/mol. The average molecular weight is 144 g/mol. The second kappa shape index (κ2) is 4.21. The second-order valence-electron chi connectivity index (χ2n) is 2.87. The molecule has 54 valence electrons. The third-order valence-electron chi connectivity index (χ3n) is 1.69. The van der Waals surface area contributed by atoms with Crippen LogP contribution in [0.25, 0.3) is 0 Å². The quantitative estimate of drug-likeness (QED) is 0.535. The zero-order chi connectivity index (χ0) is 6.53. The number of hydrogen-bond donors (Lipinski definition) is 0. The summed E-state index contributed by atoms with van der Waals surface area (Å²) in [6.45, 7) is 2.26. The van der Waals surface area contributed by atoms with Gasteiger partial charge in [0.25, 0.3) is 0 Å². The van der Waals surface area contributed by atoms with Crippen molar-refractivity contribution in [2.75, 3.05) is 11.5 Å². The summed E-state index contributed by atoms with van der Waals surface area (Å²) in [5, 5.41) is 0. The molecule has 0 aromatic carbocycles. The van der Waals surface area contributed by atoms with Crippen molar-refractivity contribution < 1.29 is 0 Å². The lowest BCUT2D eigenvalue weighted by Crippen LogP contribution is -1.83. The molecule has 0 nitrogen and oxygen atoms in total. The third-order valence-corrected chi connectivity index (χ3v) is 2.98. The maximum Gasteiger partial charge on any atom is -0.00391 e. The van der Waals surface area contributed by atoms with E-state index in [1.807, 2.05) is 0 Å². The van der Waals surface area contributed by atoms with Crippen LogP contribution in [-0.4, -0.2) is 11.5 Å². The van der Waals surface area contributed by atoms with Crippen LogP contribution in [0.3, 0.4) is 0 Å². The van der Waals surface area contributed by atoms with Gasteiger partial charge in [0.2, 0.25) is 0 Å². The molecule has 0 N–H and O–H groups in total. The smallest absolute Gasteiger partial charge is 0.00391 e. The molecule has 1 heteroatoms. The highest BCUT2D eigenvalue weighted by atomic mass is 32.2. The van der Waals surface area contributed by atoms with Gasteiger partial charge in [0, 0.05) is 0 Å². The van der Waals surface area contributed by atoms with Crippen molar-refractivity contribution in [3.05, 3.63) is 0 Å². The van der Waals surface area contributed by atoms with Gasteiger partial charge in [0.1, 0.15) is 0 Å². The molecule has 9 heavy (non-hydrogen) atoms. The lowest BCUT2D eigenvalue weighted by molar-refractivity contribution is 0.892. The molecule has 1 aliphatic rings. The Balaban J connectivity index is 1.71. The van der Waals surface area contributed by atoms with Crippen molar-refractivity contribution in [2.24, 2.45) is 5.92 Å². The minimum atomic E-state index is 1.12. The summed E-state index contributed by atoms with van der Waals surface area (Å²) in [4.78, 5) is 0. The fraction of sp³-hybridized carbons (Fsp3) is 1.00. The first-order valence-electron chi connectivity index (χ1n) is 4.01. The van der Waals surface area contributed by atoms with Gasteiger partial charge in [-0.1, -0.05) is 13.3 Å². The molecule has 0 spiro atoms. The monoisotopic (exact) mass is 144 g/mol. The van der Waals surface area contributed by atoms with Gasteiger partial charge in [-0.15, -0.1) is 0 Å². The zero-order valence-electron chi connectivity index (χ0n) is 6.23. The standard InChI is InChI=1S/C8H16S/c1-2-3-6-9-7-8-4-5-8/h8H,2-7H2,1H3. The minimum absolute atomic E-state index is 1.12. The number of hydrogen-bond acceptors (Lipinski definition) is 1. The predicted octanol–water partition coefficient (Wildman–Crippen LogP) is 2.93. The van der Waals surface area contributed by atoms with Crippen molar-refractivity contribution in [3.63, 3.8) is 0 Å². The minimum Gasteiger partial charge on any atom is -0.162 e. The van der Waals surface area contributed by atoms with Crippen molar-refractivity contribution in [3.8, 4) is 0 Å². The summed E-state index contributed by atoms with van der Waals surface area (Å²) in [6, 6.07) is 0. The largest absolute Gasteiger partial charge is 0.162 e. The van der Waals surface area contributed by atoms with Crippen LogP contribution in [0, 0.1) is 5.92 Å². The normalized spacial score (nSPS) is 18.3. The van der Waals surface area contributed by atoms with E-state index in [0.29, 0.717) is 0 Å². The third kappa shape index (κ3) is 3.85. The van der Waals surface area contributed by atoms with Gasteiger partial charge in [-0.05, 0) is 36.7 Å². The van der Waals surface area contributed by atoms with Gasteiger partial charge in [-0.25, -0.2) is 0 Å². The van der Waals surface area contributed by atoms with Crippen LogP contribution in [-0.2, 0) is 0 Å². The Morgan fingerprint density at radius 2 is 2.22 bits per heavy atom. The summed E-state index contributed by atoms with van der Waals surface area (Å²) in [7, 11) is 0. The summed E-state index contributed by atoms with van der Waals surface area (Å²) < 4.78 is 0. The lowest BCUT2D eigenvalue weighted by atomic mass is 10.4. The van der Waals surface area contributed by atoms with Crippen molar-refractivity contribution in [1.82, 2.24) is 0 Å². The first-order valence-corrected chi connectivity index (χ1v) is 5.16. The van der Waals surface area contributed by atoms with Gasteiger partial charge < -0.3 is 0 Å². The molecular formula is C8H16S. The van der Waals surface area contributed by atoms with E-state index in [-0.39, 0.29) is 0 Å². The molecule has 0 atom stereocenters. The van der Waals surface area contributed by atoms with Crippen LogP contribution in [0.5, 0.6) is 0 Å². The molecule has 0 heterocycles. The molecule has 0 aromatic rings. The molecule has 0 bridgehead atoms. The highest BCUT2D eigenvalue weighted by Gasteiger charge is 2.20. The van der Waals surface area contributed by atoms with E-state index in [1.165, 1.54) is 37.2 Å². The summed E-state index contributed by atoms with van der Waals surface area (Å²) in [5.74, 6) is 3.96. The van der Waals surface area contributed by atoms with Crippen molar-refractivity contribution >= 4 is 11.8 Å². The van der Waals surface area contributed by atoms with Gasteiger partial charge in [0.15, 0.2) is 0 Å². The van der Waals surface area contributed by atoms with Crippen LogP contribution >= 0.6 is 11.8 Å². The molecule has 0 saturated heterocycles. The SMILES string of the molecule is CCCCSCC1CC1. The van der Waals surface area contributed by atoms with Crippen LogP contribution in [0.1, 0.15) is 32.6 Å². The Labute approximate surface area is 62.4 Å². The summed E-state index contributed by atoms with van der Waals surface area (Å²) in [6.07, 6.45) is 5.80. The molecule has 0 radical (unpaired) electrons. The van der Waals surface area contributed by atoms with Crippen LogP contribution in [0.4, 0.5) is 0 Å². The number of thioether (sulfide) groups is 1. The van der Waals surface area contributed by atoms with Gasteiger partial charge >= 0.3 is 0 Å². The maximum absolute atomic E-state index is 2.26. The van der Waals surface area contributed by atoms with Gasteiger partial charge in [-0.3, -0.25) is 0 Å². The Morgan fingerprint density at radius 3 is 2.78 bits per heavy atom.